The van der Waals surface area contributed by atoms with Crippen LogP contribution in [-0.2, 0) is 4.79 Å². The van der Waals surface area contributed by atoms with E-state index < -0.39 is 8.07 Å². The summed E-state index contributed by atoms with van der Waals surface area (Å²) in [6.45, 7) is 10.5. The van der Waals surface area contributed by atoms with Crippen molar-refractivity contribution in [3.05, 3.63) is 59.7 Å². The normalized spacial score (nSPS) is 12.7. The molecule has 1 amide bonds. The average Bonchev–Trinajstić information content (AvgIpc) is 2.53. The van der Waals surface area contributed by atoms with Crippen molar-refractivity contribution in [2.75, 3.05) is 0 Å². The SMILES string of the molecule is CCC[C@H](NC(C)=O)[Si](C)(c1cccc(C)c1)c1cccc(C)c1. The molecule has 0 unspecified atom stereocenters. The van der Waals surface area contributed by atoms with Crippen LogP contribution in [0.25, 0.3) is 0 Å². The van der Waals surface area contributed by atoms with Gasteiger partial charge in [0.05, 0.1) is 0 Å². The average molecular weight is 340 g/mol. The summed E-state index contributed by atoms with van der Waals surface area (Å²) in [4.78, 5) is 11.9. The molecule has 2 aromatic carbocycles. The monoisotopic (exact) mass is 339 g/mol. The minimum Gasteiger partial charge on any atom is -0.355 e. The summed E-state index contributed by atoms with van der Waals surface area (Å²) in [5.41, 5.74) is 2.75. The van der Waals surface area contributed by atoms with E-state index in [9.17, 15) is 4.79 Å². The van der Waals surface area contributed by atoms with Gasteiger partial charge in [-0.1, -0.05) is 89.9 Å². The molecular formula is C21H29NOSi. The topological polar surface area (TPSA) is 29.1 Å². The molecule has 0 bridgehead atoms. The van der Waals surface area contributed by atoms with E-state index in [1.165, 1.54) is 21.5 Å². The molecule has 2 nitrogen and oxygen atoms in total. The van der Waals surface area contributed by atoms with Gasteiger partial charge in [-0.15, -0.1) is 0 Å². The molecule has 2 rings (SSSR count). The number of amides is 1. The van der Waals surface area contributed by atoms with E-state index in [1.54, 1.807) is 6.92 Å². The molecule has 0 aromatic heterocycles. The Balaban J connectivity index is 2.65. The second-order valence-electron chi connectivity index (χ2n) is 6.98. The number of nitrogens with one attached hydrogen (secondary N) is 1. The van der Waals surface area contributed by atoms with Crippen LogP contribution >= 0.6 is 0 Å². The molecule has 1 atom stereocenters. The zero-order valence-electron chi connectivity index (χ0n) is 15.5. The first kappa shape index (κ1) is 18.5. The molecule has 128 valence electrons. The molecular weight excluding hydrogens is 310 g/mol. The lowest BCUT2D eigenvalue weighted by molar-refractivity contribution is -0.119. The third-order valence-electron chi connectivity index (χ3n) is 4.89. The molecule has 3 heteroatoms. The summed E-state index contributed by atoms with van der Waals surface area (Å²) in [5.74, 6) is 0.0625. The van der Waals surface area contributed by atoms with Crippen LogP contribution in [-0.4, -0.2) is 19.6 Å². The summed E-state index contributed by atoms with van der Waals surface area (Å²) in [6, 6.07) is 17.7. The van der Waals surface area contributed by atoms with Gasteiger partial charge in [0.2, 0.25) is 5.91 Å². The van der Waals surface area contributed by atoms with Gasteiger partial charge in [-0.25, -0.2) is 0 Å². The fraction of sp³-hybridized carbons (Fsp3) is 0.381. The molecule has 0 aliphatic heterocycles. The molecule has 0 spiro atoms. The van der Waals surface area contributed by atoms with E-state index in [0.717, 1.165) is 12.8 Å². The van der Waals surface area contributed by atoms with Gasteiger partial charge in [0, 0.05) is 12.6 Å². The molecule has 0 radical (unpaired) electrons. The first-order chi connectivity index (χ1) is 11.4. The van der Waals surface area contributed by atoms with Crippen LogP contribution in [0, 0.1) is 13.8 Å². The largest absolute Gasteiger partial charge is 0.355 e. The Morgan fingerprint density at radius 2 is 1.54 bits per heavy atom. The van der Waals surface area contributed by atoms with Gasteiger partial charge in [0.1, 0.15) is 8.07 Å². The van der Waals surface area contributed by atoms with Gasteiger partial charge in [-0.3, -0.25) is 4.79 Å². The summed E-state index contributed by atoms with van der Waals surface area (Å²) >= 11 is 0. The highest BCUT2D eigenvalue weighted by molar-refractivity contribution is 7.02. The highest BCUT2D eigenvalue weighted by atomic mass is 28.3. The Morgan fingerprint density at radius 3 is 1.92 bits per heavy atom. The van der Waals surface area contributed by atoms with Gasteiger partial charge in [0.25, 0.3) is 0 Å². The minimum absolute atomic E-state index is 0.0625. The molecule has 0 heterocycles. The van der Waals surface area contributed by atoms with Crippen molar-refractivity contribution in [3.8, 4) is 0 Å². The third kappa shape index (κ3) is 3.96. The van der Waals surface area contributed by atoms with Crippen molar-refractivity contribution >= 4 is 24.4 Å². The van der Waals surface area contributed by atoms with E-state index >= 15 is 0 Å². The summed E-state index contributed by atoms with van der Waals surface area (Å²) < 4.78 is 0. The van der Waals surface area contributed by atoms with Gasteiger partial charge >= 0.3 is 0 Å². The smallest absolute Gasteiger partial charge is 0.216 e. The van der Waals surface area contributed by atoms with E-state index in [-0.39, 0.29) is 11.6 Å². The van der Waals surface area contributed by atoms with E-state index in [4.69, 9.17) is 0 Å². The van der Waals surface area contributed by atoms with Crippen molar-refractivity contribution in [1.29, 1.82) is 0 Å². The first-order valence-electron chi connectivity index (χ1n) is 8.79. The Hall–Kier alpha value is -1.87. The number of hydrogen-bond donors (Lipinski definition) is 1. The molecule has 0 fully saturated rings. The number of benzene rings is 2. The molecule has 0 saturated carbocycles. The van der Waals surface area contributed by atoms with Crippen LogP contribution < -0.4 is 15.7 Å². The van der Waals surface area contributed by atoms with Crippen molar-refractivity contribution in [2.45, 2.75) is 52.7 Å². The lowest BCUT2D eigenvalue weighted by Crippen LogP contribution is -2.69. The third-order valence-corrected chi connectivity index (χ3v) is 9.73. The van der Waals surface area contributed by atoms with E-state index in [1.807, 2.05) is 0 Å². The predicted octanol–water partition coefficient (Wildman–Crippen LogP) is 3.34. The Labute approximate surface area is 147 Å². The van der Waals surface area contributed by atoms with Gasteiger partial charge in [0.15, 0.2) is 0 Å². The molecule has 0 aliphatic carbocycles. The molecule has 2 aromatic rings. The van der Waals surface area contributed by atoms with Crippen LogP contribution in [0.3, 0.4) is 0 Å². The summed E-state index contributed by atoms with van der Waals surface area (Å²) in [6.07, 6.45) is 2.06. The zero-order chi connectivity index (χ0) is 17.7. The van der Waals surface area contributed by atoms with E-state index in [2.05, 4.69) is 81.2 Å². The number of rotatable bonds is 6. The first-order valence-corrected chi connectivity index (χ1v) is 11.4. The maximum absolute atomic E-state index is 11.9. The maximum Gasteiger partial charge on any atom is 0.216 e. The zero-order valence-corrected chi connectivity index (χ0v) is 16.5. The molecule has 24 heavy (non-hydrogen) atoms. The van der Waals surface area contributed by atoms with E-state index in [0.29, 0.717) is 0 Å². The van der Waals surface area contributed by atoms with Crippen molar-refractivity contribution in [2.24, 2.45) is 0 Å². The number of carbonyl (C=O) groups excluding carboxylic acids is 1. The predicted molar refractivity (Wildman–Crippen MR) is 106 cm³/mol. The van der Waals surface area contributed by atoms with Gasteiger partial charge in [-0.05, 0) is 20.3 Å². The molecule has 0 saturated heterocycles. The quantitative estimate of drug-likeness (QED) is 0.804. The van der Waals surface area contributed by atoms with Crippen molar-refractivity contribution in [1.82, 2.24) is 5.32 Å². The second-order valence-corrected chi connectivity index (χ2v) is 11.2. The fourth-order valence-corrected chi connectivity index (χ4v) is 7.98. The Kier molecular flexibility index (Phi) is 6.00. The van der Waals surface area contributed by atoms with Crippen LogP contribution in [0.4, 0.5) is 0 Å². The maximum atomic E-state index is 11.9. The number of aryl methyl sites for hydroxylation is 2. The van der Waals surface area contributed by atoms with Crippen LogP contribution in [0.1, 0.15) is 37.8 Å². The minimum atomic E-state index is -2.11. The van der Waals surface area contributed by atoms with Gasteiger partial charge < -0.3 is 5.32 Å². The standard InChI is InChI=1S/C21H29NOSi/c1-6-9-21(22-18(4)23)24(5,19-12-7-10-16(2)14-19)20-13-8-11-17(3)15-20/h7-8,10-15,21H,6,9H2,1-5H3,(H,22,23)/t21-/m1/s1. The number of carbonyl (C=O) groups is 1. The Morgan fingerprint density at radius 1 is 1.04 bits per heavy atom. The van der Waals surface area contributed by atoms with Gasteiger partial charge in [-0.2, -0.15) is 0 Å². The van der Waals surface area contributed by atoms with Crippen LogP contribution in [0.2, 0.25) is 6.55 Å². The van der Waals surface area contributed by atoms with Crippen LogP contribution in [0.15, 0.2) is 48.5 Å². The van der Waals surface area contributed by atoms with Crippen LogP contribution in [0.5, 0.6) is 0 Å². The highest BCUT2D eigenvalue weighted by Crippen LogP contribution is 2.17. The fourth-order valence-electron chi connectivity index (χ4n) is 3.54. The molecule has 0 aliphatic rings. The molecule has 1 N–H and O–H groups in total. The lowest BCUT2D eigenvalue weighted by atomic mass is 10.2. The summed E-state index contributed by atoms with van der Waals surface area (Å²) in [7, 11) is -2.11. The Bertz CT molecular complexity index is 665. The highest BCUT2D eigenvalue weighted by Gasteiger charge is 2.40. The summed E-state index contributed by atoms with van der Waals surface area (Å²) in [5, 5.41) is 6.06. The van der Waals surface area contributed by atoms with Crippen molar-refractivity contribution < 1.29 is 4.79 Å². The number of hydrogen-bond acceptors (Lipinski definition) is 1. The van der Waals surface area contributed by atoms with Crippen molar-refractivity contribution in [3.63, 3.8) is 0 Å². The lowest BCUT2D eigenvalue weighted by Gasteiger charge is -2.37. The second kappa shape index (κ2) is 7.80.